The lowest BCUT2D eigenvalue weighted by molar-refractivity contribution is 0.279. The Morgan fingerprint density at radius 3 is 1.70 bits per heavy atom. The largest absolute Gasteiger partial charge is 0.291 e. The van der Waals surface area contributed by atoms with Gasteiger partial charge in [0.25, 0.3) is 0 Å². The van der Waals surface area contributed by atoms with Gasteiger partial charge in [-0.25, -0.2) is 0 Å². The van der Waals surface area contributed by atoms with Gasteiger partial charge in [0, 0.05) is 19.6 Å². The summed E-state index contributed by atoms with van der Waals surface area (Å²) < 4.78 is 0. The van der Waals surface area contributed by atoms with Crippen LogP contribution in [0.4, 0.5) is 0 Å². The summed E-state index contributed by atoms with van der Waals surface area (Å²) in [6.45, 7) is 7.30. The van der Waals surface area contributed by atoms with Gasteiger partial charge in [-0.2, -0.15) is 0 Å². The molecule has 0 saturated heterocycles. The Morgan fingerprint density at radius 1 is 0.850 bits per heavy atom. The zero-order chi connectivity index (χ0) is 14.2. The van der Waals surface area contributed by atoms with Crippen LogP contribution in [0.3, 0.4) is 0 Å². The Kier molecular flexibility index (Phi) is 5.57. The minimum Gasteiger partial charge on any atom is -0.291 e. The zero-order valence-corrected chi connectivity index (χ0v) is 12.4. The summed E-state index contributed by atoms with van der Waals surface area (Å²) in [6, 6.07) is 21.4. The molecule has 104 valence electrons. The molecule has 0 aliphatic rings. The molecular weight excluding hydrogens is 242 g/mol. The summed E-state index contributed by atoms with van der Waals surface area (Å²) in [5, 5.41) is 0. The molecule has 0 N–H and O–H groups in total. The van der Waals surface area contributed by atoms with Crippen LogP contribution in [0.25, 0.3) is 0 Å². The lowest BCUT2D eigenvalue weighted by Gasteiger charge is -2.23. The first-order valence-electron chi connectivity index (χ1n) is 7.20. The van der Waals surface area contributed by atoms with E-state index in [-0.39, 0.29) is 0 Å². The first kappa shape index (κ1) is 14.5. The molecule has 0 fully saturated rings. The summed E-state index contributed by atoms with van der Waals surface area (Å²) in [6.07, 6.45) is 2.20. The average Bonchev–Trinajstić information content (AvgIpc) is 2.49. The van der Waals surface area contributed by atoms with Crippen molar-refractivity contribution in [3.63, 3.8) is 0 Å². The molecule has 0 aromatic heterocycles. The first-order valence-corrected chi connectivity index (χ1v) is 7.20. The predicted octanol–water partition coefficient (Wildman–Crippen LogP) is 4.66. The first-order chi connectivity index (χ1) is 9.78. The highest BCUT2D eigenvalue weighted by Gasteiger charge is 2.07. The van der Waals surface area contributed by atoms with E-state index in [0.29, 0.717) is 0 Å². The van der Waals surface area contributed by atoms with Crippen LogP contribution >= 0.6 is 0 Å². The maximum Gasteiger partial charge on any atom is 0.0240 e. The summed E-state index contributed by atoms with van der Waals surface area (Å²) in [5.74, 6) is 0. The fraction of sp³-hybridized carbons (Fsp3) is 0.263. The number of allylic oxidation sites excluding steroid dienone is 1. The molecule has 2 rings (SSSR count). The van der Waals surface area contributed by atoms with Crippen LogP contribution in [-0.2, 0) is 13.1 Å². The van der Waals surface area contributed by atoms with Crippen molar-refractivity contribution in [3.8, 4) is 0 Å². The van der Waals surface area contributed by atoms with E-state index in [1.54, 1.807) is 0 Å². The van der Waals surface area contributed by atoms with E-state index in [1.807, 2.05) is 0 Å². The van der Waals surface area contributed by atoms with E-state index in [1.165, 1.54) is 16.7 Å². The molecule has 0 aliphatic carbocycles. The van der Waals surface area contributed by atoms with E-state index < -0.39 is 0 Å². The van der Waals surface area contributed by atoms with E-state index in [4.69, 9.17) is 0 Å². The Bertz CT molecular complexity index is 487. The van der Waals surface area contributed by atoms with E-state index >= 15 is 0 Å². The van der Waals surface area contributed by atoms with Crippen molar-refractivity contribution in [2.45, 2.75) is 26.9 Å². The van der Waals surface area contributed by atoms with Gasteiger partial charge < -0.3 is 0 Å². The third-order valence-electron chi connectivity index (χ3n) is 3.46. The number of rotatable bonds is 6. The van der Waals surface area contributed by atoms with Gasteiger partial charge in [0.15, 0.2) is 0 Å². The molecule has 0 atom stereocenters. The van der Waals surface area contributed by atoms with Crippen molar-refractivity contribution in [1.29, 1.82) is 0 Å². The summed E-state index contributed by atoms with van der Waals surface area (Å²) in [4.78, 5) is 2.49. The molecular formula is C19H23N. The maximum atomic E-state index is 2.49. The normalized spacial score (nSPS) is 11.8. The second-order valence-electron chi connectivity index (χ2n) is 5.25. The molecule has 0 radical (unpaired) electrons. The van der Waals surface area contributed by atoms with Crippen LogP contribution in [0.5, 0.6) is 0 Å². The maximum absolute atomic E-state index is 2.49. The quantitative estimate of drug-likeness (QED) is 0.687. The lowest BCUT2D eigenvalue weighted by atomic mass is 10.1. The van der Waals surface area contributed by atoms with Gasteiger partial charge >= 0.3 is 0 Å². The molecule has 1 heteroatoms. The van der Waals surface area contributed by atoms with Gasteiger partial charge in [-0.15, -0.1) is 0 Å². The highest BCUT2D eigenvalue weighted by Crippen LogP contribution is 2.12. The van der Waals surface area contributed by atoms with Crippen molar-refractivity contribution in [2.75, 3.05) is 6.54 Å². The third kappa shape index (κ3) is 4.67. The Labute approximate surface area is 122 Å². The molecule has 0 aliphatic heterocycles. The van der Waals surface area contributed by atoms with Crippen LogP contribution < -0.4 is 0 Å². The minimum atomic E-state index is 0.987. The number of hydrogen-bond donors (Lipinski definition) is 0. The molecule has 2 aromatic rings. The Balaban J connectivity index is 2.08. The van der Waals surface area contributed by atoms with Crippen LogP contribution in [0.1, 0.15) is 25.0 Å². The molecule has 0 saturated carbocycles. The average molecular weight is 265 g/mol. The molecule has 2 aromatic carbocycles. The third-order valence-corrected chi connectivity index (χ3v) is 3.46. The fourth-order valence-corrected chi connectivity index (χ4v) is 2.29. The predicted molar refractivity (Wildman–Crippen MR) is 86.4 cm³/mol. The van der Waals surface area contributed by atoms with Gasteiger partial charge in [0.2, 0.25) is 0 Å². The zero-order valence-electron chi connectivity index (χ0n) is 12.4. The lowest BCUT2D eigenvalue weighted by Crippen LogP contribution is -2.24. The van der Waals surface area contributed by atoms with Crippen molar-refractivity contribution in [1.82, 2.24) is 4.90 Å². The van der Waals surface area contributed by atoms with Crippen molar-refractivity contribution >= 4 is 0 Å². The SMILES string of the molecule is C/C=C(\C)CN(Cc1ccccc1)Cc1ccccc1. The molecule has 1 nitrogen and oxygen atoms in total. The van der Waals surface area contributed by atoms with Gasteiger partial charge in [0.05, 0.1) is 0 Å². The molecule has 0 amide bonds. The van der Waals surface area contributed by atoms with Crippen molar-refractivity contribution < 1.29 is 0 Å². The van der Waals surface area contributed by atoms with Gasteiger partial charge in [-0.3, -0.25) is 4.90 Å². The van der Waals surface area contributed by atoms with Gasteiger partial charge in [0.1, 0.15) is 0 Å². The highest BCUT2D eigenvalue weighted by molar-refractivity contribution is 5.17. The Morgan fingerprint density at radius 2 is 1.30 bits per heavy atom. The van der Waals surface area contributed by atoms with Crippen LogP contribution in [0, 0.1) is 0 Å². The van der Waals surface area contributed by atoms with Crippen LogP contribution in [-0.4, -0.2) is 11.4 Å². The molecule has 0 unspecified atom stereocenters. The smallest absolute Gasteiger partial charge is 0.0240 e. The minimum absolute atomic E-state index is 0.987. The number of nitrogens with zero attached hydrogens (tertiary/aromatic N) is 1. The topological polar surface area (TPSA) is 3.24 Å². The van der Waals surface area contributed by atoms with E-state index in [9.17, 15) is 0 Å². The fourth-order valence-electron chi connectivity index (χ4n) is 2.29. The number of benzene rings is 2. The number of hydrogen-bond acceptors (Lipinski definition) is 1. The standard InChI is InChI=1S/C19H23N/c1-3-17(2)14-20(15-18-10-6-4-7-11-18)16-19-12-8-5-9-13-19/h3-13H,14-16H2,1-2H3/b17-3+. The molecule has 0 heterocycles. The van der Waals surface area contributed by atoms with E-state index in [2.05, 4.69) is 85.5 Å². The molecule has 20 heavy (non-hydrogen) atoms. The summed E-state index contributed by atoms with van der Waals surface area (Å²) >= 11 is 0. The Hall–Kier alpha value is -1.86. The van der Waals surface area contributed by atoms with Gasteiger partial charge in [-0.05, 0) is 25.0 Å². The van der Waals surface area contributed by atoms with Crippen LogP contribution in [0.15, 0.2) is 72.3 Å². The monoisotopic (exact) mass is 265 g/mol. The second kappa shape index (κ2) is 7.66. The van der Waals surface area contributed by atoms with Crippen molar-refractivity contribution in [2.24, 2.45) is 0 Å². The molecule has 0 bridgehead atoms. The van der Waals surface area contributed by atoms with Crippen molar-refractivity contribution in [3.05, 3.63) is 83.4 Å². The second-order valence-corrected chi connectivity index (χ2v) is 5.25. The van der Waals surface area contributed by atoms with Gasteiger partial charge in [-0.1, -0.05) is 72.3 Å². The van der Waals surface area contributed by atoms with E-state index in [0.717, 1.165) is 19.6 Å². The summed E-state index contributed by atoms with van der Waals surface area (Å²) in [7, 11) is 0. The highest BCUT2D eigenvalue weighted by atomic mass is 15.1. The summed E-state index contributed by atoms with van der Waals surface area (Å²) in [5.41, 5.74) is 4.15. The van der Waals surface area contributed by atoms with Crippen LogP contribution in [0.2, 0.25) is 0 Å². The molecule has 0 spiro atoms.